The summed E-state index contributed by atoms with van der Waals surface area (Å²) in [5, 5.41) is 1.03. The minimum absolute atomic E-state index is 0.231. The van der Waals surface area contributed by atoms with Crippen LogP contribution in [0, 0.1) is 11.7 Å². The van der Waals surface area contributed by atoms with Gasteiger partial charge < -0.3 is 9.32 Å². The molecule has 1 aromatic heterocycles. The zero-order valence-electron chi connectivity index (χ0n) is 16.4. The number of carbonyl (C=O) groups excluding carboxylic acids is 1. The van der Waals surface area contributed by atoms with Gasteiger partial charge in [-0.2, -0.15) is 0 Å². The number of hydrogen-bond donors (Lipinski definition) is 0. The van der Waals surface area contributed by atoms with Crippen molar-refractivity contribution in [1.82, 2.24) is 9.80 Å². The summed E-state index contributed by atoms with van der Waals surface area (Å²) in [5.41, 5.74) is 2.69. The molecule has 3 aromatic rings. The third kappa shape index (κ3) is 4.06. The van der Waals surface area contributed by atoms with E-state index in [0.29, 0.717) is 11.8 Å². The van der Waals surface area contributed by atoms with Crippen molar-refractivity contribution < 1.29 is 13.6 Å². The Kier molecular flexibility index (Phi) is 4.84. The first kappa shape index (κ1) is 18.4. The summed E-state index contributed by atoms with van der Waals surface area (Å²) < 4.78 is 19.6. The van der Waals surface area contributed by atoms with E-state index in [1.54, 1.807) is 12.1 Å². The topological polar surface area (TPSA) is 36.7 Å². The highest BCUT2D eigenvalue weighted by atomic mass is 19.1. The van der Waals surface area contributed by atoms with Crippen molar-refractivity contribution >= 4 is 16.9 Å². The minimum Gasteiger partial charge on any atom is -0.460 e. The predicted molar refractivity (Wildman–Crippen MR) is 111 cm³/mol. The first-order chi connectivity index (χ1) is 14.2. The number of benzene rings is 2. The van der Waals surface area contributed by atoms with Gasteiger partial charge in [0.1, 0.15) is 17.2 Å². The Morgan fingerprint density at radius 2 is 1.86 bits per heavy atom. The van der Waals surface area contributed by atoms with Gasteiger partial charge in [-0.05, 0) is 60.7 Å². The van der Waals surface area contributed by atoms with Gasteiger partial charge in [0, 0.05) is 37.5 Å². The van der Waals surface area contributed by atoms with Crippen molar-refractivity contribution in [3.8, 4) is 11.1 Å². The molecule has 2 aromatic carbocycles. The maximum Gasteiger partial charge on any atom is 0.225 e. The maximum atomic E-state index is 13.5. The summed E-state index contributed by atoms with van der Waals surface area (Å²) in [7, 11) is 0. The highest BCUT2D eigenvalue weighted by Crippen LogP contribution is 2.31. The molecule has 0 bridgehead atoms. The van der Waals surface area contributed by atoms with Crippen LogP contribution >= 0.6 is 0 Å². The van der Waals surface area contributed by atoms with Crippen LogP contribution in [0.25, 0.3) is 22.1 Å². The Hall–Kier alpha value is -2.66. The normalized spacial score (nSPS) is 18.2. The third-order valence-electron chi connectivity index (χ3n) is 5.93. The summed E-state index contributed by atoms with van der Waals surface area (Å²) in [6, 6.07) is 14.7. The zero-order chi connectivity index (χ0) is 19.8. The molecule has 2 fully saturated rings. The van der Waals surface area contributed by atoms with Crippen molar-refractivity contribution in [2.45, 2.75) is 25.8 Å². The number of fused-ring (bicyclic) bond motifs is 1. The van der Waals surface area contributed by atoms with Crippen LogP contribution in [0.2, 0.25) is 0 Å². The van der Waals surface area contributed by atoms with E-state index < -0.39 is 0 Å². The van der Waals surface area contributed by atoms with E-state index in [1.165, 1.54) is 6.07 Å². The molecule has 5 heteroatoms. The fraction of sp³-hybridized carbons (Fsp3) is 0.375. The first-order valence-electron chi connectivity index (χ1n) is 10.5. The summed E-state index contributed by atoms with van der Waals surface area (Å²) in [4.78, 5) is 16.7. The number of nitrogens with zero attached hydrogens (tertiary/aromatic N) is 2. The predicted octanol–water partition coefficient (Wildman–Crippen LogP) is 4.68. The molecule has 0 atom stereocenters. The average molecular weight is 392 g/mol. The number of rotatable bonds is 4. The Morgan fingerprint density at radius 3 is 2.69 bits per heavy atom. The fourth-order valence-electron chi connectivity index (χ4n) is 4.18. The van der Waals surface area contributed by atoms with Crippen molar-refractivity contribution in [1.29, 1.82) is 0 Å². The molecule has 4 nitrogen and oxygen atoms in total. The lowest BCUT2D eigenvalue weighted by Gasteiger charge is -2.21. The second-order valence-corrected chi connectivity index (χ2v) is 8.20. The van der Waals surface area contributed by atoms with E-state index in [1.807, 2.05) is 23.1 Å². The standard InChI is InChI=1S/C24H25FN2O2/c25-21-4-1-3-18(14-21)19-7-8-23-20(13-19)15-22(29-23)16-26-9-2-10-27(12-11-26)24(28)17-5-6-17/h1,3-4,7-8,13-15,17H,2,5-6,9-12,16H2. The third-order valence-corrected chi connectivity index (χ3v) is 5.93. The van der Waals surface area contributed by atoms with Gasteiger partial charge in [0.2, 0.25) is 5.91 Å². The Balaban J connectivity index is 1.28. The van der Waals surface area contributed by atoms with Crippen molar-refractivity contribution in [2.75, 3.05) is 26.2 Å². The molecule has 0 unspecified atom stereocenters. The van der Waals surface area contributed by atoms with Crippen LogP contribution in [0.4, 0.5) is 4.39 Å². The van der Waals surface area contributed by atoms with Gasteiger partial charge in [-0.25, -0.2) is 4.39 Å². The average Bonchev–Trinajstić information content (AvgIpc) is 3.52. The maximum absolute atomic E-state index is 13.5. The van der Waals surface area contributed by atoms with Gasteiger partial charge in [-0.15, -0.1) is 0 Å². The second-order valence-electron chi connectivity index (χ2n) is 8.20. The molecule has 5 rings (SSSR count). The molecule has 1 aliphatic carbocycles. The van der Waals surface area contributed by atoms with Crippen molar-refractivity contribution in [3.05, 3.63) is 60.1 Å². The minimum atomic E-state index is -0.231. The lowest BCUT2D eigenvalue weighted by molar-refractivity contribution is -0.132. The lowest BCUT2D eigenvalue weighted by atomic mass is 10.0. The first-order valence-corrected chi connectivity index (χ1v) is 10.5. The van der Waals surface area contributed by atoms with Gasteiger partial charge in [0.25, 0.3) is 0 Å². The highest BCUT2D eigenvalue weighted by Gasteiger charge is 2.33. The molecule has 2 heterocycles. The van der Waals surface area contributed by atoms with E-state index in [9.17, 15) is 9.18 Å². The monoisotopic (exact) mass is 392 g/mol. The van der Waals surface area contributed by atoms with Crippen molar-refractivity contribution in [2.24, 2.45) is 5.92 Å². The number of amides is 1. The van der Waals surface area contributed by atoms with Gasteiger partial charge >= 0.3 is 0 Å². The van der Waals surface area contributed by atoms with E-state index in [0.717, 1.165) is 79.8 Å². The quantitative estimate of drug-likeness (QED) is 0.647. The Morgan fingerprint density at radius 1 is 1.00 bits per heavy atom. The number of carbonyl (C=O) groups is 1. The summed E-state index contributed by atoms with van der Waals surface area (Å²) in [6.07, 6.45) is 3.13. The Bertz CT molecular complexity index is 1040. The molecule has 0 N–H and O–H groups in total. The molecule has 2 aliphatic rings. The number of halogens is 1. The molecule has 150 valence electrons. The number of furan rings is 1. The zero-order valence-corrected chi connectivity index (χ0v) is 16.4. The summed E-state index contributed by atoms with van der Waals surface area (Å²) in [5.74, 6) is 1.34. The Labute approximate surface area is 169 Å². The van der Waals surface area contributed by atoms with Crippen LogP contribution in [-0.2, 0) is 11.3 Å². The van der Waals surface area contributed by atoms with Gasteiger partial charge in [0.15, 0.2) is 0 Å². The van der Waals surface area contributed by atoms with E-state index in [4.69, 9.17) is 4.42 Å². The molecule has 0 spiro atoms. The molecule has 29 heavy (non-hydrogen) atoms. The van der Waals surface area contributed by atoms with Crippen LogP contribution in [0.5, 0.6) is 0 Å². The van der Waals surface area contributed by atoms with E-state index in [-0.39, 0.29) is 5.82 Å². The SMILES string of the molecule is O=C(C1CC1)N1CCCN(Cc2cc3cc(-c4cccc(F)c4)ccc3o2)CC1. The lowest BCUT2D eigenvalue weighted by Crippen LogP contribution is -2.35. The van der Waals surface area contributed by atoms with Crippen LogP contribution in [0.3, 0.4) is 0 Å². The van der Waals surface area contributed by atoms with Gasteiger partial charge in [-0.1, -0.05) is 18.2 Å². The van der Waals surface area contributed by atoms with E-state index >= 15 is 0 Å². The molecule has 1 amide bonds. The second kappa shape index (κ2) is 7.64. The van der Waals surface area contributed by atoms with Gasteiger partial charge in [0.05, 0.1) is 6.54 Å². The van der Waals surface area contributed by atoms with E-state index in [2.05, 4.69) is 17.0 Å². The van der Waals surface area contributed by atoms with Crippen LogP contribution < -0.4 is 0 Å². The van der Waals surface area contributed by atoms with Crippen LogP contribution in [0.15, 0.2) is 52.9 Å². The number of hydrogen-bond acceptors (Lipinski definition) is 3. The van der Waals surface area contributed by atoms with Gasteiger partial charge in [-0.3, -0.25) is 9.69 Å². The summed E-state index contributed by atoms with van der Waals surface area (Å²) >= 11 is 0. The largest absolute Gasteiger partial charge is 0.460 e. The van der Waals surface area contributed by atoms with Crippen LogP contribution in [0.1, 0.15) is 25.0 Å². The molecule has 0 radical (unpaired) electrons. The summed E-state index contributed by atoms with van der Waals surface area (Å²) in [6.45, 7) is 4.27. The smallest absolute Gasteiger partial charge is 0.225 e. The molecular formula is C24H25FN2O2. The molecule has 1 saturated heterocycles. The highest BCUT2D eigenvalue weighted by molar-refractivity contribution is 5.84. The van der Waals surface area contributed by atoms with Crippen molar-refractivity contribution in [3.63, 3.8) is 0 Å². The molecule has 1 aliphatic heterocycles. The fourth-order valence-corrected chi connectivity index (χ4v) is 4.18. The molecule has 1 saturated carbocycles. The molecular weight excluding hydrogens is 367 g/mol. The van der Waals surface area contributed by atoms with Crippen LogP contribution in [-0.4, -0.2) is 41.9 Å².